The van der Waals surface area contributed by atoms with Gasteiger partial charge in [-0.25, -0.2) is 0 Å². The molecule has 4 nitrogen and oxygen atoms in total. The fraction of sp³-hybridized carbons (Fsp3) is 0.500. The molecule has 1 saturated heterocycles. The maximum atomic E-state index is 9.52. The monoisotopic (exact) mass is 256 g/mol. The summed E-state index contributed by atoms with van der Waals surface area (Å²) >= 11 is 0. The van der Waals surface area contributed by atoms with E-state index in [1.165, 1.54) is 0 Å². The number of ether oxygens (including phenoxy) is 1. The number of para-hydroxylation sites is 1. The van der Waals surface area contributed by atoms with Gasteiger partial charge >= 0.3 is 8.60 Å². The van der Waals surface area contributed by atoms with Crippen molar-refractivity contribution in [1.29, 1.82) is 0 Å². The number of benzene rings is 1. The molecule has 17 heavy (non-hydrogen) atoms. The molecule has 0 aromatic heterocycles. The van der Waals surface area contributed by atoms with Gasteiger partial charge in [0, 0.05) is 11.0 Å². The quantitative estimate of drug-likeness (QED) is 0.826. The predicted octanol–water partition coefficient (Wildman–Crippen LogP) is 3.03. The van der Waals surface area contributed by atoms with Gasteiger partial charge in [0.1, 0.15) is 11.9 Å². The summed E-state index contributed by atoms with van der Waals surface area (Å²) in [7, 11) is -0.154. The predicted molar refractivity (Wildman–Crippen MR) is 65.7 cm³/mol. The summed E-state index contributed by atoms with van der Waals surface area (Å²) in [5.41, 5.74) is 0.751. The van der Waals surface area contributed by atoms with E-state index in [0.717, 1.165) is 11.3 Å². The number of rotatable bonds is 2. The molecule has 2 atom stereocenters. The van der Waals surface area contributed by atoms with E-state index in [4.69, 9.17) is 13.8 Å². The van der Waals surface area contributed by atoms with Gasteiger partial charge in [-0.05, 0) is 6.07 Å². The van der Waals surface area contributed by atoms with Gasteiger partial charge in [-0.2, -0.15) is 0 Å². The fourth-order valence-corrected chi connectivity index (χ4v) is 3.00. The topological polar surface area (TPSA) is 47.9 Å². The van der Waals surface area contributed by atoms with Crippen LogP contribution in [0.15, 0.2) is 24.3 Å². The molecule has 0 spiro atoms. The molecule has 94 valence electrons. The highest BCUT2D eigenvalue weighted by Gasteiger charge is 2.40. The third kappa shape index (κ3) is 2.61. The molecule has 0 aliphatic carbocycles. The van der Waals surface area contributed by atoms with E-state index in [-0.39, 0.29) is 11.5 Å². The van der Waals surface area contributed by atoms with Crippen LogP contribution in [0.4, 0.5) is 0 Å². The lowest BCUT2D eigenvalue weighted by Crippen LogP contribution is -2.32. The van der Waals surface area contributed by atoms with Crippen LogP contribution >= 0.6 is 8.60 Å². The van der Waals surface area contributed by atoms with Gasteiger partial charge in [0.2, 0.25) is 0 Å². The van der Waals surface area contributed by atoms with Crippen LogP contribution < -0.4 is 4.74 Å². The number of hydrogen-bond donors (Lipinski definition) is 1. The second-order valence-corrected chi connectivity index (χ2v) is 5.67. The number of methoxy groups -OCH3 is 1. The Hall–Kier alpha value is -0.670. The molecule has 0 amide bonds. The summed E-state index contributed by atoms with van der Waals surface area (Å²) in [6.07, 6.45) is -0.219. The summed E-state index contributed by atoms with van der Waals surface area (Å²) < 4.78 is 16.1. The van der Waals surface area contributed by atoms with Crippen LogP contribution in [-0.4, -0.2) is 18.6 Å². The smallest absolute Gasteiger partial charge is 0.330 e. The normalized spacial score (nSPS) is 27.8. The van der Waals surface area contributed by atoms with E-state index < -0.39 is 8.60 Å². The Morgan fingerprint density at radius 2 is 2.12 bits per heavy atom. The molecule has 1 aromatic rings. The standard InChI is InChI=1S/C12H17O4P/c1-12(2)8-15-17(13)16-11(12)9-6-4-5-7-10(9)14-3/h4-7,11,13H,8H2,1-3H3/t11?,17-/m1/s1. The molecule has 1 fully saturated rings. The van der Waals surface area contributed by atoms with Crippen molar-refractivity contribution in [3.8, 4) is 5.75 Å². The van der Waals surface area contributed by atoms with Crippen molar-refractivity contribution in [3.05, 3.63) is 29.8 Å². The lowest BCUT2D eigenvalue weighted by molar-refractivity contribution is -0.0287. The third-order valence-corrected chi connectivity index (χ3v) is 3.61. The van der Waals surface area contributed by atoms with Crippen LogP contribution in [0.2, 0.25) is 0 Å². The van der Waals surface area contributed by atoms with Crippen LogP contribution in [0.5, 0.6) is 5.75 Å². The van der Waals surface area contributed by atoms with E-state index in [0.29, 0.717) is 6.61 Å². The lowest BCUT2D eigenvalue weighted by atomic mass is 9.83. The fourth-order valence-electron chi connectivity index (χ4n) is 1.92. The van der Waals surface area contributed by atoms with Crippen LogP contribution in [0.1, 0.15) is 25.5 Å². The Balaban J connectivity index is 2.36. The van der Waals surface area contributed by atoms with E-state index in [1.807, 2.05) is 38.1 Å². The van der Waals surface area contributed by atoms with Gasteiger partial charge in [-0.1, -0.05) is 32.0 Å². The van der Waals surface area contributed by atoms with Gasteiger partial charge in [0.25, 0.3) is 0 Å². The highest BCUT2D eigenvalue weighted by molar-refractivity contribution is 7.40. The van der Waals surface area contributed by atoms with E-state index in [2.05, 4.69) is 0 Å². The second-order valence-electron chi connectivity index (χ2n) is 4.73. The van der Waals surface area contributed by atoms with Crippen LogP contribution in [0.3, 0.4) is 0 Å². The Labute approximate surface area is 103 Å². The second kappa shape index (κ2) is 4.91. The largest absolute Gasteiger partial charge is 0.496 e. The van der Waals surface area contributed by atoms with Gasteiger partial charge in [-0.15, -0.1) is 0 Å². The summed E-state index contributed by atoms with van der Waals surface area (Å²) in [5, 5.41) is 0. The number of hydrogen-bond acceptors (Lipinski definition) is 4. The maximum Gasteiger partial charge on any atom is 0.330 e. The highest BCUT2D eigenvalue weighted by atomic mass is 31.2. The molecule has 0 saturated carbocycles. The van der Waals surface area contributed by atoms with Gasteiger partial charge in [-0.3, -0.25) is 0 Å². The molecule has 1 heterocycles. The minimum absolute atomic E-state index is 0.198. The van der Waals surface area contributed by atoms with Gasteiger partial charge in [0.05, 0.1) is 13.7 Å². The van der Waals surface area contributed by atoms with Crippen LogP contribution in [0, 0.1) is 5.41 Å². The van der Waals surface area contributed by atoms with Crippen LogP contribution in [0.25, 0.3) is 0 Å². The van der Waals surface area contributed by atoms with Gasteiger partial charge < -0.3 is 18.7 Å². The Morgan fingerprint density at radius 1 is 1.41 bits per heavy atom. The Kier molecular flexibility index (Phi) is 3.69. The van der Waals surface area contributed by atoms with E-state index in [1.54, 1.807) is 7.11 Å². The van der Waals surface area contributed by atoms with E-state index in [9.17, 15) is 4.89 Å². The van der Waals surface area contributed by atoms with Crippen molar-refractivity contribution in [2.45, 2.75) is 20.0 Å². The van der Waals surface area contributed by atoms with E-state index >= 15 is 0 Å². The first kappa shape index (κ1) is 12.8. The average molecular weight is 256 g/mol. The van der Waals surface area contributed by atoms with Crippen molar-refractivity contribution in [2.75, 3.05) is 13.7 Å². The lowest BCUT2D eigenvalue weighted by Gasteiger charge is -2.39. The molecule has 0 bridgehead atoms. The minimum Gasteiger partial charge on any atom is -0.496 e. The zero-order valence-electron chi connectivity index (χ0n) is 10.2. The minimum atomic E-state index is -1.79. The SMILES string of the molecule is COc1ccccc1C1O[P@](O)OCC1(C)C. The molecular formula is C12H17O4P. The van der Waals surface area contributed by atoms with Crippen LogP contribution in [-0.2, 0) is 9.05 Å². The molecule has 1 N–H and O–H groups in total. The molecule has 1 aliphatic rings. The first-order chi connectivity index (χ1) is 8.04. The summed E-state index contributed by atoms with van der Waals surface area (Å²) in [4.78, 5) is 9.52. The first-order valence-electron chi connectivity index (χ1n) is 5.46. The van der Waals surface area contributed by atoms with Crippen molar-refractivity contribution in [1.82, 2.24) is 0 Å². The Bertz CT molecular complexity index is 394. The maximum absolute atomic E-state index is 9.52. The van der Waals surface area contributed by atoms with Gasteiger partial charge in [0.15, 0.2) is 0 Å². The molecular weight excluding hydrogens is 239 g/mol. The molecule has 1 aromatic carbocycles. The van der Waals surface area contributed by atoms with Crippen molar-refractivity contribution in [3.63, 3.8) is 0 Å². The highest BCUT2D eigenvalue weighted by Crippen LogP contribution is 2.54. The van der Waals surface area contributed by atoms with Crippen molar-refractivity contribution < 1.29 is 18.7 Å². The summed E-state index contributed by atoms with van der Waals surface area (Å²) in [6.45, 7) is 4.57. The zero-order chi connectivity index (χ0) is 12.5. The summed E-state index contributed by atoms with van der Waals surface area (Å²) in [6, 6.07) is 7.70. The average Bonchev–Trinajstić information content (AvgIpc) is 2.32. The molecule has 1 unspecified atom stereocenters. The molecule has 0 radical (unpaired) electrons. The van der Waals surface area contributed by atoms with Crippen molar-refractivity contribution >= 4 is 8.60 Å². The molecule has 5 heteroatoms. The Morgan fingerprint density at radius 3 is 2.82 bits per heavy atom. The third-order valence-electron chi connectivity index (χ3n) is 2.87. The van der Waals surface area contributed by atoms with Crippen molar-refractivity contribution in [2.24, 2.45) is 5.41 Å². The summed E-state index contributed by atoms with van der Waals surface area (Å²) in [5.74, 6) is 0.774. The molecule has 2 rings (SSSR count). The molecule has 1 aliphatic heterocycles. The zero-order valence-corrected chi connectivity index (χ0v) is 11.1. The first-order valence-corrected chi connectivity index (χ1v) is 6.59.